The van der Waals surface area contributed by atoms with Crippen LogP contribution in [0, 0.1) is 11.7 Å². The highest BCUT2D eigenvalue weighted by Crippen LogP contribution is 2.26. The van der Waals surface area contributed by atoms with Crippen molar-refractivity contribution < 1.29 is 19.0 Å². The highest BCUT2D eigenvalue weighted by molar-refractivity contribution is 5.79. The molecule has 0 spiro atoms. The van der Waals surface area contributed by atoms with Gasteiger partial charge in [-0.15, -0.1) is 0 Å². The van der Waals surface area contributed by atoms with Crippen molar-refractivity contribution in [3.63, 3.8) is 0 Å². The van der Waals surface area contributed by atoms with Crippen LogP contribution in [0.3, 0.4) is 0 Å². The van der Waals surface area contributed by atoms with Crippen LogP contribution in [0.15, 0.2) is 42.6 Å². The molecule has 6 heteroatoms. The minimum atomic E-state index is -0.568. The van der Waals surface area contributed by atoms with Crippen molar-refractivity contribution in [2.45, 2.75) is 31.9 Å². The van der Waals surface area contributed by atoms with Crippen molar-refractivity contribution in [2.75, 3.05) is 0 Å². The minimum absolute atomic E-state index is 0.166. The quantitative estimate of drug-likeness (QED) is 0.884. The maximum Gasteiger partial charge on any atom is 0.225 e. The van der Waals surface area contributed by atoms with Gasteiger partial charge >= 0.3 is 0 Å². The Bertz CT molecular complexity index is 723. The van der Waals surface area contributed by atoms with Crippen molar-refractivity contribution in [1.29, 1.82) is 0 Å². The first kappa shape index (κ1) is 16.4. The number of aliphatic hydroxyl groups is 1. The smallest absolute Gasteiger partial charge is 0.225 e. The van der Waals surface area contributed by atoms with E-state index in [-0.39, 0.29) is 18.4 Å². The van der Waals surface area contributed by atoms with Crippen LogP contribution < -0.4 is 10.1 Å². The van der Waals surface area contributed by atoms with E-state index in [1.165, 1.54) is 12.1 Å². The maximum absolute atomic E-state index is 13.3. The molecule has 1 aliphatic carbocycles. The number of pyridine rings is 1. The monoisotopic (exact) mass is 330 g/mol. The lowest BCUT2D eigenvalue weighted by Crippen LogP contribution is -2.34. The Kier molecular flexibility index (Phi) is 5.05. The molecule has 1 aromatic carbocycles. The summed E-state index contributed by atoms with van der Waals surface area (Å²) < 4.78 is 18.9. The van der Waals surface area contributed by atoms with Gasteiger partial charge in [-0.3, -0.25) is 4.79 Å². The lowest BCUT2D eigenvalue weighted by molar-refractivity contribution is -0.127. The molecule has 1 aliphatic rings. The number of ether oxygens (including phenoxy) is 1. The number of aliphatic hydroxyl groups excluding tert-OH is 1. The summed E-state index contributed by atoms with van der Waals surface area (Å²) in [6, 6.07) is 9.31. The molecule has 3 rings (SSSR count). The Labute approximate surface area is 139 Å². The summed E-state index contributed by atoms with van der Waals surface area (Å²) in [5.74, 6) is -0.258. The van der Waals surface area contributed by atoms with Crippen molar-refractivity contribution in [3.8, 4) is 11.6 Å². The molecule has 0 saturated heterocycles. The van der Waals surface area contributed by atoms with Gasteiger partial charge in [0.15, 0.2) is 0 Å². The summed E-state index contributed by atoms with van der Waals surface area (Å²) in [4.78, 5) is 16.3. The summed E-state index contributed by atoms with van der Waals surface area (Å²) in [6.45, 7) is 0.237. The third-order valence-electron chi connectivity index (χ3n) is 4.13. The predicted molar refractivity (Wildman–Crippen MR) is 85.9 cm³/mol. The molecule has 0 bridgehead atoms. The Hall–Kier alpha value is -2.47. The summed E-state index contributed by atoms with van der Waals surface area (Å²) in [5, 5.41) is 12.6. The largest absolute Gasteiger partial charge is 0.439 e. The molecule has 0 radical (unpaired) electrons. The fourth-order valence-electron chi connectivity index (χ4n) is 2.85. The van der Waals surface area contributed by atoms with E-state index >= 15 is 0 Å². The number of hydrogen-bond acceptors (Lipinski definition) is 4. The van der Waals surface area contributed by atoms with E-state index < -0.39 is 11.9 Å². The van der Waals surface area contributed by atoms with E-state index in [0.29, 0.717) is 30.0 Å². The second kappa shape index (κ2) is 7.40. The third kappa shape index (κ3) is 3.89. The third-order valence-corrected chi connectivity index (χ3v) is 4.13. The number of hydrogen-bond donors (Lipinski definition) is 2. The molecule has 1 aromatic heterocycles. The van der Waals surface area contributed by atoms with Crippen LogP contribution in [0.5, 0.6) is 11.6 Å². The van der Waals surface area contributed by atoms with Crippen LogP contribution in [0.4, 0.5) is 4.39 Å². The zero-order chi connectivity index (χ0) is 16.9. The highest BCUT2D eigenvalue weighted by atomic mass is 19.1. The molecule has 1 fully saturated rings. The molecule has 2 atom stereocenters. The second-order valence-electron chi connectivity index (χ2n) is 5.85. The Balaban J connectivity index is 1.67. The van der Waals surface area contributed by atoms with Gasteiger partial charge in [-0.1, -0.05) is 12.1 Å². The zero-order valence-corrected chi connectivity index (χ0v) is 13.1. The summed E-state index contributed by atoms with van der Waals surface area (Å²) >= 11 is 0. The average molecular weight is 330 g/mol. The molecule has 1 heterocycles. The normalized spacial score (nSPS) is 19.9. The Morgan fingerprint density at radius 3 is 2.96 bits per heavy atom. The number of halogens is 1. The van der Waals surface area contributed by atoms with E-state index in [1.807, 2.05) is 0 Å². The van der Waals surface area contributed by atoms with Gasteiger partial charge in [0.05, 0.1) is 12.0 Å². The topological polar surface area (TPSA) is 71.5 Å². The first-order valence-electron chi connectivity index (χ1n) is 7.96. The van der Waals surface area contributed by atoms with Crippen LogP contribution in [0.1, 0.15) is 24.8 Å². The van der Waals surface area contributed by atoms with Crippen LogP contribution in [-0.2, 0) is 11.3 Å². The lowest BCUT2D eigenvalue weighted by Gasteiger charge is -2.15. The molecule has 5 nitrogen and oxygen atoms in total. The number of carbonyl (C=O) groups excluding carboxylic acids is 1. The summed E-state index contributed by atoms with van der Waals surface area (Å²) in [6.07, 6.45) is 3.23. The summed E-state index contributed by atoms with van der Waals surface area (Å²) in [5.41, 5.74) is 0.683. The Morgan fingerprint density at radius 1 is 1.33 bits per heavy atom. The van der Waals surface area contributed by atoms with Gasteiger partial charge in [0, 0.05) is 24.4 Å². The van der Waals surface area contributed by atoms with E-state index in [2.05, 4.69) is 10.3 Å². The molecular weight excluding hydrogens is 311 g/mol. The lowest BCUT2D eigenvalue weighted by atomic mass is 10.1. The number of benzene rings is 1. The van der Waals surface area contributed by atoms with Gasteiger partial charge in [0.2, 0.25) is 11.8 Å². The van der Waals surface area contributed by atoms with Gasteiger partial charge in [0.1, 0.15) is 11.6 Å². The molecular formula is C18H19FN2O3. The van der Waals surface area contributed by atoms with Gasteiger partial charge in [-0.2, -0.15) is 0 Å². The number of rotatable bonds is 5. The van der Waals surface area contributed by atoms with E-state index in [1.54, 1.807) is 30.5 Å². The minimum Gasteiger partial charge on any atom is -0.439 e. The molecule has 24 heavy (non-hydrogen) atoms. The van der Waals surface area contributed by atoms with Crippen molar-refractivity contribution in [1.82, 2.24) is 10.3 Å². The molecule has 2 unspecified atom stereocenters. The van der Waals surface area contributed by atoms with Crippen LogP contribution in [-0.4, -0.2) is 22.1 Å². The fraction of sp³-hybridized carbons (Fsp3) is 0.333. The number of carbonyl (C=O) groups is 1. The first-order chi connectivity index (χ1) is 11.6. The molecule has 2 N–H and O–H groups in total. The van der Waals surface area contributed by atoms with Crippen LogP contribution >= 0.6 is 0 Å². The molecule has 1 saturated carbocycles. The summed E-state index contributed by atoms with van der Waals surface area (Å²) in [7, 11) is 0. The van der Waals surface area contributed by atoms with Crippen LogP contribution in [0.2, 0.25) is 0 Å². The number of nitrogens with zero attached hydrogens (tertiary/aromatic N) is 1. The number of nitrogens with one attached hydrogen (secondary N) is 1. The maximum atomic E-state index is 13.3. The SMILES string of the molecule is O=C(NCc1cccnc1Oc1cccc(F)c1)C1CCCC1O. The second-order valence-corrected chi connectivity index (χ2v) is 5.85. The van der Waals surface area contributed by atoms with Gasteiger partial charge in [-0.05, 0) is 37.5 Å². The van der Waals surface area contributed by atoms with E-state index in [0.717, 1.165) is 6.42 Å². The van der Waals surface area contributed by atoms with Gasteiger partial charge < -0.3 is 15.2 Å². The standard InChI is InChI=1S/C18H19FN2O3/c19-13-5-1-6-14(10-13)24-18-12(4-3-9-20-18)11-21-17(23)15-7-2-8-16(15)22/h1,3-6,9-10,15-16,22H,2,7-8,11H2,(H,21,23). The number of aromatic nitrogens is 1. The average Bonchev–Trinajstić information content (AvgIpc) is 3.00. The molecule has 0 aliphatic heterocycles. The van der Waals surface area contributed by atoms with Gasteiger partial charge in [0.25, 0.3) is 0 Å². The predicted octanol–water partition coefficient (Wildman–Crippen LogP) is 2.79. The van der Waals surface area contributed by atoms with Crippen molar-refractivity contribution >= 4 is 5.91 Å². The first-order valence-corrected chi connectivity index (χ1v) is 7.96. The van der Waals surface area contributed by atoms with Crippen molar-refractivity contribution in [3.05, 3.63) is 54.0 Å². The van der Waals surface area contributed by atoms with E-state index in [9.17, 15) is 14.3 Å². The zero-order valence-electron chi connectivity index (χ0n) is 13.1. The fourth-order valence-corrected chi connectivity index (χ4v) is 2.85. The van der Waals surface area contributed by atoms with E-state index in [4.69, 9.17) is 4.74 Å². The number of amides is 1. The van der Waals surface area contributed by atoms with Crippen LogP contribution in [0.25, 0.3) is 0 Å². The highest BCUT2D eigenvalue weighted by Gasteiger charge is 2.31. The Morgan fingerprint density at radius 2 is 2.21 bits per heavy atom. The van der Waals surface area contributed by atoms with Gasteiger partial charge in [-0.25, -0.2) is 9.37 Å². The van der Waals surface area contributed by atoms with Crippen molar-refractivity contribution in [2.24, 2.45) is 5.92 Å². The molecule has 1 amide bonds. The molecule has 126 valence electrons. The molecule has 2 aromatic rings.